The fraction of sp³-hybridized carbons (Fsp3) is 0.538. The first-order valence-electron chi connectivity index (χ1n) is 6.32. The number of carboxylic acids is 1. The molecule has 0 spiro atoms. The second-order valence-corrected chi connectivity index (χ2v) is 3.91. The lowest BCUT2D eigenvalue weighted by Crippen LogP contribution is -2.24. The Labute approximate surface area is 111 Å². The molecule has 0 radical (unpaired) electrons. The van der Waals surface area contributed by atoms with E-state index in [1.54, 1.807) is 6.92 Å². The maximum absolute atomic E-state index is 11.7. The van der Waals surface area contributed by atoms with Crippen LogP contribution in [-0.4, -0.2) is 36.7 Å². The minimum Gasteiger partial charge on any atom is -0.478 e. The Morgan fingerprint density at radius 1 is 1.42 bits per heavy atom. The summed E-state index contributed by atoms with van der Waals surface area (Å²) in [5.41, 5.74) is 0.0435. The van der Waals surface area contributed by atoms with Crippen LogP contribution in [0.15, 0.2) is 10.5 Å². The Hall–Kier alpha value is -1.82. The van der Waals surface area contributed by atoms with Crippen molar-refractivity contribution in [3.8, 4) is 0 Å². The summed E-state index contributed by atoms with van der Waals surface area (Å²) in [7, 11) is 0. The second kappa shape index (κ2) is 7.58. The summed E-state index contributed by atoms with van der Waals surface area (Å²) in [6.07, 6.45) is 1.13. The van der Waals surface area contributed by atoms with E-state index in [4.69, 9.17) is 14.3 Å². The van der Waals surface area contributed by atoms with Gasteiger partial charge in [-0.3, -0.25) is 4.79 Å². The van der Waals surface area contributed by atoms with Gasteiger partial charge in [-0.2, -0.15) is 0 Å². The lowest BCUT2D eigenvalue weighted by molar-refractivity contribution is 0.0694. The minimum absolute atomic E-state index is 0.0330. The van der Waals surface area contributed by atoms with Crippen molar-refractivity contribution in [2.45, 2.75) is 26.7 Å². The fourth-order valence-electron chi connectivity index (χ4n) is 1.59. The zero-order valence-electron chi connectivity index (χ0n) is 11.2. The van der Waals surface area contributed by atoms with Crippen LogP contribution in [0.25, 0.3) is 0 Å². The zero-order valence-corrected chi connectivity index (χ0v) is 11.2. The SMILES string of the molecule is CCOCCCNC(=O)c1cc(C(=O)O)c(CC)o1. The van der Waals surface area contributed by atoms with Gasteiger partial charge < -0.3 is 19.6 Å². The van der Waals surface area contributed by atoms with Crippen LogP contribution in [-0.2, 0) is 11.2 Å². The van der Waals surface area contributed by atoms with Gasteiger partial charge in [0.05, 0.1) is 0 Å². The van der Waals surface area contributed by atoms with Crippen molar-refractivity contribution in [2.75, 3.05) is 19.8 Å². The molecule has 6 heteroatoms. The van der Waals surface area contributed by atoms with Crippen molar-refractivity contribution >= 4 is 11.9 Å². The van der Waals surface area contributed by atoms with Gasteiger partial charge in [0.25, 0.3) is 5.91 Å². The molecule has 0 aromatic carbocycles. The van der Waals surface area contributed by atoms with E-state index < -0.39 is 11.9 Å². The fourth-order valence-corrected chi connectivity index (χ4v) is 1.59. The average molecular weight is 269 g/mol. The maximum Gasteiger partial charge on any atom is 0.339 e. The highest BCUT2D eigenvalue weighted by Crippen LogP contribution is 2.16. The number of rotatable bonds is 8. The van der Waals surface area contributed by atoms with Gasteiger partial charge in [0.2, 0.25) is 0 Å². The quantitative estimate of drug-likeness (QED) is 0.701. The summed E-state index contributed by atoms with van der Waals surface area (Å²) < 4.78 is 10.4. The van der Waals surface area contributed by atoms with Gasteiger partial charge >= 0.3 is 5.97 Å². The minimum atomic E-state index is -1.09. The molecule has 0 atom stereocenters. The van der Waals surface area contributed by atoms with Gasteiger partial charge in [0.1, 0.15) is 11.3 Å². The molecule has 1 heterocycles. The third-order valence-corrected chi connectivity index (χ3v) is 2.54. The number of hydrogen-bond donors (Lipinski definition) is 2. The van der Waals surface area contributed by atoms with E-state index >= 15 is 0 Å². The molecule has 0 aliphatic rings. The molecule has 6 nitrogen and oxygen atoms in total. The molecule has 1 aromatic heterocycles. The van der Waals surface area contributed by atoms with Crippen LogP contribution in [0.4, 0.5) is 0 Å². The van der Waals surface area contributed by atoms with Gasteiger partial charge in [-0.05, 0) is 13.3 Å². The lowest BCUT2D eigenvalue weighted by Gasteiger charge is -2.03. The van der Waals surface area contributed by atoms with Crippen LogP contribution in [0.1, 0.15) is 46.9 Å². The number of hydrogen-bond acceptors (Lipinski definition) is 4. The number of carboxylic acid groups (broad SMARTS) is 1. The summed E-state index contributed by atoms with van der Waals surface area (Å²) in [6.45, 7) is 5.36. The normalized spacial score (nSPS) is 10.4. The van der Waals surface area contributed by atoms with Gasteiger partial charge in [0, 0.05) is 32.2 Å². The predicted octanol–water partition coefficient (Wildman–Crippen LogP) is 1.70. The Morgan fingerprint density at radius 3 is 2.68 bits per heavy atom. The van der Waals surface area contributed by atoms with Gasteiger partial charge in [-0.15, -0.1) is 0 Å². The van der Waals surface area contributed by atoms with Gasteiger partial charge in [0.15, 0.2) is 5.76 Å². The monoisotopic (exact) mass is 269 g/mol. The molecule has 1 amide bonds. The predicted molar refractivity (Wildman–Crippen MR) is 68.5 cm³/mol. The van der Waals surface area contributed by atoms with E-state index in [-0.39, 0.29) is 11.3 Å². The zero-order chi connectivity index (χ0) is 14.3. The number of furan rings is 1. The first kappa shape index (κ1) is 15.2. The summed E-state index contributed by atoms with van der Waals surface area (Å²) >= 11 is 0. The van der Waals surface area contributed by atoms with Crippen LogP contribution in [0.5, 0.6) is 0 Å². The van der Waals surface area contributed by atoms with E-state index in [0.717, 1.165) is 0 Å². The summed E-state index contributed by atoms with van der Waals surface area (Å²) in [5.74, 6) is -1.15. The molecule has 0 unspecified atom stereocenters. The number of nitrogens with one attached hydrogen (secondary N) is 1. The Balaban J connectivity index is 2.55. The molecule has 0 saturated carbocycles. The van der Waals surface area contributed by atoms with Crippen molar-refractivity contribution in [3.05, 3.63) is 23.2 Å². The number of aromatic carboxylic acids is 1. The number of amides is 1. The van der Waals surface area contributed by atoms with Crippen LogP contribution in [0.3, 0.4) is 0 Å². The molecule has 19 heavy (non-hydrogen) atoms. The van der Waals surface area contributed by atoms with Crippen LogP contribution < -0.4 is 5.32 Å². The van der Waals surface area contributed by atoms with Crippen molar-refractivity contribution in [2.24, 2.45) is 0 Å². The highest BCUT2D eigenvalue weighted by molar-refractivity contribution is 5.96. The number of carbonyl (C=O) groups is 2. The largest absolute Gasteiger partial charge is 0.478 e. The summed E-state index contributed by atoms with van der Waals surface area (Å²) in [6, 6.07) is 1.26. The van der Waals surface area contributed by atoms with E-state index in [2.05, 4.69) is 5.32 Å². The molecule has 0 saturated heterocycles. The first-order chi connectivity index (χ1) is 9.10. The van der Waals surface area contributed by atoms with E-state index in [1.165, 1.54) is 6.07 Å². The van der Waals surface area contributed by atoms with E-state index in [1.807, 2.05) is 6.92 Å². The third-order valence-electron chi connectivity index (χ3n) is 2.54. The molecule has 1 rings (SSSR count). The Bertz CT molecular complexity index is 438. The van der Waals surface area contributed by atoms with Crippen LogP contribution >= 0.6 is 0 Å². The molecule has 0 fully saturated rings. The second-order valence-electron chi connectivity index (χ2n) is 3.91. The topological polar surface area (TPSA) is 88.8 Å². The molecular weight excluding hydrogens is 250 g/mol. The van der Waals surface area contributed by atoms with Crippen LogP contribution in [0.2, 0.25) is 0 Å². The molecule has 2 N–H and O–H groups in total. The van der Waals surface area contributed by atoms with Crippen molar-refractivity contribution < 1.29 is 23.8 Å². The van der Waals surface area contributed by atoms with E-state index in [0.29, 0.717) is 38.4 Å². The molecule has 1 aromatic rings. The van der Waals surface area contributed by atoms with Gasteiger partial charge in [-0.25, -0.2) is 4.79 Å². The lowest BCUT2D eigenvalue weighted by atomic mass is 10.2. The maximum atomic E-state index is 11.7. The first-order valence-corrected chi connectivity index (χ1v) is 6.32. The molecule has 0 aliphatic carbocycles. The Morgan fingerprint density at radius 2 is 2.16 bits per heavy atom. The number of ether oxygens (including phenoxy) is 1. The summed E-state index contributed by atoms with van der Waals surface area (Å²) in [5, 5.41) is 11.6. The number of carbonyl (C=O) groups excluding carboxylic acids is 1. The molecule has 106 valence electrons. The average Bonchev–Trinajstić information content (AvgIpc) is 2.82. The smallest absolute Gasteiger partial charge is 0.339 e. The third kappa shape index (κ3) is 4.40. The van der Waals surface area contributed by atoms with Crippen molar-refractivity contribution in [1.82, 2.24) is 5.32 Å². The summed E-state index contributed by atoms with van der Waals surface area (Å²) in [4.78, 5) is 22.7. The molecular formula is C13H19NO5. The molecule has 0 bridgehead atoms. The number of aryl methyl sites for hydroxylation is 1. The van der Waals surface area contributed by atoms with Gasteiger partial charge in [-0.1, -0.05) is 6.92 Å². The van der Waals surface area contributed by atoms with Crippen molar-refractivity contribution in [1.29, 1.82) is 0 Å². The highest BCUT2D eigenvalue weighted by Gasteiger charge is 2.19. The standard InChI is InChI=1S/C13H19NO5/c1-3-10-9(13(16)17)8-11(19-10)12(15)14-6-5-7-18-4-2/h8H,3-7H2,1-2H3,(H,14,15)(H,16,17). The Kier molecular flexibility index (Phi) is 6.08. The van der Waals surface area contributed by atoms with Crippen molar-refractivity contribution in [3.63, 3.8) is 0 Å². The molecule has 0 aliphatic heterocycles. The van der Waals surface area contributed by atoms with E-state index in [9.17, 15) is 9.59 Å². The highest BCUT2D eigenvalue weighted by atomic mass is 16.5. The van der Waals surface area contributed by atoms with Crippen LogP contribution in [0, 0.1) is 0 Å².